The molecule has 0 bridgehead atoms. The number of nitrogens with zero attached hydrogens (tertiary/aromatic N) is 3. The molecule has 0 aliphatic carbocycles. The summed E-state index contributed by atoms with van der Waals surface area (Å²) in [7, 11) is 3.94. The second kappa shape index (κ2) is 5.28. The molecule has 0 radical (unpaired) electrons. The van der Waals surface area contributed by atoms with Gasteiger partial charge in [-0.2, -0.15) is 5.10 Å². The molecular weight excluding hydrogens is 228 g/mol. The van der Waals surface area contributed by atoms with E-state index in [4.69, 9.17) is 0 Å². The van der Waals surface area contributed by atoms with Crippen molar-refractivity contribution in [3.05, 3.63) is 11.3 Å². The summed E-state index contributed by atoms with van der Waals surface area (Å²) in [5.74, 6) is 1.69. The number of aryl methyl sites for hydroxylation is 2. The highest BCUT2D eigenvalue weighted by molar-refractivity contribution is 5.52. The summed E-state index contributed by atoms with van der Waals surface area (Å²) in [5, 5.41) is 17.3. The number of rotatable bonds is 4. The van der Waals surface area contributed by atoms with Gasteiger partial charge in [-0.15, -0.1) is 0 Å². The largest absolute Gasteiger partial charge is 0.394 e. The summed E-state index contributed by atoms with van der Waals surface area (Å²) >= 11 is 0. The molecule has 18 heavy (non-hydrogen) atoms. The molecular formula is C13H24N4O. The molecule has 2 rings (SSSR count). The molecule has 0 spiro atoms. The van der Waals surface area contributed by atoms with Crippen LogP contribution in [0.1, 0.15) is 24.6 Å². The fourth-order valence-corrected chi connectivity index (χ4v) is 2.98. The van der Waals surface area contributed by atoms with E-state index >= 15 is 0 Å². The predicted octanol–water partition coefficient (Wildman–Crippen LogP) is 0.655. The van der Waals surface area contributed by atoms with Crippen LogP contribution < -0.4 is 10.2 Å². The van der Waals surface area contributed by atoms with Crippen LogP contribution in [-0.2, 0) is 13.6 Å². The molecule has 2 heterocycles. The fourth-order valence-electron chi connectivity index (χ4n) is 2.98. The zero-order chi connectivity index (χ0) is 13.3. The lowest BCUT2D eigenvalue weighted by Gasteiger charge is -2.28. The maximum absolute atomic E-state index is 9.60. The Hall–Kier alpha value is -1.07. The Labute approximate surface area is 109 Å². The van der Waals surface area contributed by atoms with Crippen molar-refractivity contribution in [2.75, 3.05) is 25.1 Å². The van der Waals surface area contributed by atoms with Gasteiger partial charge in [-0.3, -0.25) is 4.68 Å². The van der Waals surface area contributed by atoms with Gasteiger partial charge >= 0.3 is 0 Å². The number of hydrogen-bond acceptors (Lipinski definition) is 4. The fraction of sp³-hybridized carbons (Fsp3) is 0.769. The summed E-state index contributed by atoms with van der Waals surface area (Å²) in [6.07, 6.45) is 1.13. The molecule has 1 fully saturated rings. The van der Waals surface area contributed by atoms with Crippen LogP contribution in [0.15, 0.2) is 0 Å². The predicted molar refractivity (Wildman–Crippen MR) is 72.7 cm³/mol. The summed E-state index contributed by atoms with van der Waals surface area (Å²) in [5.41, 5.74) is 2.31. The molecule has 0 aromatic carbocycles. The Balaban J connectivity index is 2.38. The zero-order valence-corrected chi connectivity index (χ0v) is 11.8. The van der Waals surface area contributed by atoms with Gasteiger partial charge in [0.25, 0.3) is 0 Å². The summed E-state index contributed by atoms with van der Waals surface area (Å²) in [6.45, 7) is 6.29. The van der Waals surface area contributed by atoms with Gasteiger partial charge in [-0.25, -0.2) is 0 Å². The van der Waals surface area contributed by atoms with Crippen LogP contribution in [0.3, 0.4) is 0 Å². The average molecular weight is 252 g/mol. The van der Waals surface area contributed by atoms with Crippen molar-refractivity contribution in [1.82, 2.24) is 15.1 Å². The molecule has 102 valence electrons. The molecule has 2 N–H and O–H groups in total. The van der Waals surface area contributed by atoms with E-state index in [9.17, 15) is 5.11 Å². The maximum atomic E-state index is 9.60. The number of nitrogens with one attached hydrogen (secondary N) is 1. The lowest BCUT2D eigenvalue weighted by Crippen LogP contribution is -2.37. The average Bonchev–Trinajstić information content (AvgIpc) is 2.81. The van der Waals surface area contributed by atoms with E-state index in [1.54, 1.807) is 0 Å². The van der Waals surface area contributed by atoms with E-state index in [0.717, 1.165) is 31.0 Å². The van der Waals surface area contributed by atoms with Crippen LogP contribution >= 0.6 is 0 Å². The summed E-state index contributed by atoms with van der Waals surface area (Å²) < 4.78 is 1.95. The van der Waals surface area contributed by atoms with Gasteiger partial charge in [0.05, 0.1) is 18.3 Å². The molecule has 0 amide bonds. The Morgan fingerprint density at radius 1 is 1.50 bits per heavy atom. The molecule has 1 aromatic heterocycles. The minimum absolute atomic E-state index is 0.213. The Morgan fingerprint density at radius 2 is 2.22 bits per heavy atom. The van der Waals surface area contributed by atoms with Crippen LogP contribution in [-0.4, -0.2) is 41.1 Å². The van der Waals surface area contributed by atoms with Gasteiger partial charge in [0.15, 0.2) is 0 Å². The maximum Gasteiger partial charge on any atom is 0.131 e. The molecule has 1 aromatic rings. The van der Waals surface area contributed by atoms with Crippen LogP contribution in [0.25, 0.3) is 0 Å². The third-order valence-electron chi connectivity index (χ3n) is 4.01. The molecule has 5 nitrogen and oxygen atoms in total. The Bertz CT molecular complexity index is 415. The van der Waals surface area contributed by atoms with Crippen molar-refractivity contribution >= 4 is 5.82 Å². The van der Waals surface area contributed by atoms with E-state index in [1.165, 1.54) is 5.56 Å². The lowest BCUT2D eigenvalue weighted by atomic mass is 10.0. The monoisotopic (exact) mass is 252 g/mol. The quantitative estimate of drug-likeness (QED) is 0.826. The van der Waals surface area contributed by atoms with E-state index < -0.39 is 0 Å². The van der Waals surface area contributed by atoms with Crippen molar-refractivity contribution < 1.29 is 5.11 Å². The highest BCUT2D eigenvalue weighted by Crippen LogP contribution is 2.32. The first kappa shape index (κ1) is 13.4. The second-order valence-electron chi connectivity index (χ2n) is 5.25. The summed E-state index contributed by atoms with van der Waals surface area (Å²) in [6, 6.07) is 0.218. The SMILES string of the molecule is CNCc1c(C)nn(C)c1N1CCC(C)C1CO. The number of aromatic nitrogens is 2. The smallest absolute Gasteiger partial charge is 0.131 e. The standard InChI is InChI=1S/C13H24N4O/c1-9-5-6-17(12(9)8-18)13-11(7-14-3)10(2)15-16(13)4/h9,12,14,18H,5-8H2,1-4H3. The molecule has 2 unspecified atom stereocenters. The first-order valence-corrected chi connectivity index (χ1v) is 6.64. The number of anilines is 1. The Kier molecular flexibility index (Phi) is 3.92. The molecule has 1 saturated heterocycles. The van der Waals surface area contributed by atoms with Crippen molar-refractivity contribution in [2.24, 2.45) is 13.0 Å². The first-order valence-electron chi connectivity index (χ1n) is 6.64. The van der Waals surface area contributed by atoms with Crippen LogP contribution in [0.2, 0.25) is 0 Å². The van der Waals surface area contributed by atoms with Crippen molar-refractivity contribution in [2.45, 2.75) is 32.9 Å². The highest BCUT2D eigenvalue weighted by Gasteiger charge is 2.34. The Morgan fingerprint density at radius 3 is 2.83 bits per heavy atom. The van der Waals surface area contributed by atoms with Gasteiger partial charge in [0, 0.05) is 25.7 Å². The third-order valence-corrected chi connectivity index (χ3v) is 4.01. The van der Waals surface area contributed by atoms with Crippen molar-refractivity contribution in [3.63, 3.8) is 0 Å². The van der Waals surface area contributed by atoms with Gasteiger partial charge in [0.2, 0.25) is 0 Å². The van der Waals surface area contributed by atoms with Crippen molar-refractivity contribution in [3.8, 4) is 0 Å². The van der Waals surface area contributed by atoms with Crippen LogP contribution in [0, 0.1) is 12.8 Å². The number of aliphatic hydroxyl groups excluding tert-OH is 1. The van der Waals surface area contributed by atoms with Crippen LogP contribution in [0.4, 0.5) is 5.82 Å². The van der Waals surface area contributed by atoms with E-state index in [-0.39, 0.29) is 12.6 Å². The highest BCUT2D eigenvalue weighted by atomic mass is 16.3. The van der Waals surface area contributed by atoms with Gasteiger partial charge in [-0.1, -0.05) is 6.92 Å². The van der Waals surface area contributed by atoms with E-state index in [1.807, 2.05) is 25.7 Å². The number of aliphatic hydroxyl groups is 1. The van der Waals surface area contributed by atoms with E-state index in [2.05, 4.69) is 22.2 Å². The molecule has 1 aliphatic heterocycles. The minimum atomic E-state index is 0.213. The van der Waals surface area contributed by atoms with E-state index in [0.29, 0.717) is 5.92 Å². The van der Waals surface area contributed by atoms with Gasteiger partial charge < -0.3 is 15.3 Å². The second-order valence-corrected chi connectivity index (χ2v) is 5.25. The minimum Gasteiger partial charge on any atom is -0.394 e. The zero-order valence-electron chi connectivity index (χ0n) is 11.8. The molecule has 2 atom stereocenters. The molecule has 5 heteroatoms. The molecule has 0 saturated carbocycles. The van der Waals surface area contributed by atoms with Crippen LogP contribution in [0.5, 0.6) is 0 Å². The number of hydrogen-bond donors (Lipinski definition) is 2. The summed E-state index contributed by atoms with van der Waals surface area (Å²) in [4.78, 5) is 2.32. The van der Waals surface area contributed by atoms with Gasteiger partial charge in [0.1, 0.15) is 5.82 Å². The third kappa shape index (κ3) is 2.12. The van der Waals surface area contributed by atoms with Gasteiger partial charge in [-0.05, 0) is 26.3 Å². The van der Waals surface area contributed by atoms with Crippen molar-refractivity contribution in [1.29, 1.82) is 0 Å². The first-order chi connectivity index (χ1) is 8.60. The lowest BCUT2D eigenvalue weighted by molar-refractivity contribution is 0.244. The normalized spacial score (nSPS) is 23.9. The molecule has 1 aliphatic rings. The topological polar surface area (TPSA) is 53.3 Å².